The number of carbonyl (C=O) groups excluding carboxylic acids is 2. The predicted octanol–water partition coefficient (Wildman–Crippen LogP) is -0.190. The summed E-state index contributed by atoms with van der Waals surface area (Å²) in [5, 5.41) is 10.6. The summed E-state index contributed by atoms with van der Waals surface area (Å²) in [7, 11) is 0. The highest BCUT2D eigenvalue weighted by molar-refractivity contribution is 5.94. The third-order valence-corrected chi connectivity index (χ3v) is 2.34. The lowest BCUT2D eigenvalue weighted by Gasteiger charge is -2.26. The number of aliphatic carboxylic acids is 1. The largest absolute Gasteiger partial charge is 0.481 e. The van der Waals surface area contributed by atoms with Crippen LogP contribution in [0.15, 0.2) is 0 Å². The normalized spacial score (nSPS) is 15.4. The molecule has 0 aromatic carbocycles. The van der Waals surface area contributed by atoms with Crippen LogP contribution in [-0.2, 0) is 14.3 Å². The molecule has 1 aliphatic rings. The molecule has 0 bridgehead atoms. The van der Waals surface area contributed by atoms with E-state index < -0.39 is 17.9 Å². The van der Waals surface area contributed by atoms with Crippen molar-refractivity contribution in [3.8, 4) is 0 Å². The topological polar surface area (TPSA) is 95.9 Å². The molecular formula is C10H16N2O5. The van der Waals surface area contributed by atoms with E-state index in [1.165, 1.54) is 4.90 Å². The average molecular weight is 244 g/mol. The van der Waals surface area contributed by atoms with Crippen LogP contribution < -0.4 is 5.32 Å². The minimum Gasteiger partial charge on any atom is -0.481 e. The summed E-state index contributed by atoms with van der Waals surface area (Å²) in [4.78, 5) is 34.6. The van der Waals surface area contributed by atoms with Crippen LogP contribution in [0.3, 0.4) is 0 Å². The zero-order valence-electron chi connectivity index (χ0n) is 9.48. The van der Waals surface area contributed by atoms with Crippen LogP contribution in [0.4, 0.5) is 4.79 Å². The maximum absolute atomic E-state index is 11.5. The highest BCUT2D eigenvalue weighted by atomic mass is 16.5. The van der Waals surface area contributed by atoms with Crippen molar-refractivity contribution in [1.29, 1.82) is 0 Å². The Labute approximate surface area is 98.7 Å². The van der Waals surface area contributed by atoms with Crippen LogP contribution in [0.5, 0.6) is 0 Å². The third-order valence-electron chi connectivity index (χ3n) is 2.34. The van der Waals surface area contributed by atoms with Gasteiger partial charge in [0, 0.05) is 25.9 Å². The van der Waals surface area contributed by atoms with E-state index >= 15 is 0 Å². The van der Waals surface area contributed by atoms with E-state index in [-0.39, 0.29) is 19.3 Å². The van der Waals surface area contributed by atoms with E-state index in [0.717, 1.165) is 0 Å². The lowest BCUT2D eigenvalue weighted by Crippen LogP contribution is -2.47. The SMILES string of the molecule is O=C(O)CCCC(=O)NC(=O)N1CCOCC1. The summed E-state index contributed by atoms with van der Waals surface area (Å²) >= 11 is 0. The predicted molar refractivity (Wildman–Crippen MR) is 57.4 cm³/mol. The summed E-state index contributed by atoms with van der Waals surface area (Å²) in [6.07, 6.45) is 0.207. The molecule has 0 atom stereocenters. The Morgan fingerprint density at radius 1 is 1.18 bits per heavy atom. The van der Waals surface area contributed by atoms with Gasteiger partial charge in [-0.25, -0.2) is 4.79 Å². The van der Waals surface area contributed by atoms with Gasteiger partial charge in [0.15, 0.2) is 0 Å². The fourth-order valence-corrected chi connectivity index (χ4v) is 1.43. The number of hydrogen-bond acceptors (Lipinski definition) is 4. The van der Waals surface area contributed by atoms with E-state index in [4.69, 9.17) is 9.84 Å². The van der Waals surface area contributed by atoms with Crippen molar-refractivity contribution in [3.63, 3.8) is 0 Å². The molecule has 2 N–H and O–H groups in total. The molecule has 0 aromatic rings. The average Bonchev–Trinajstić information content (AvgIpc) is 2.29. The number of carbonyl (C=O) groups is 3. The Morgan fingerprint density at radius 2 is 1.82 bits per heavy atom. The van der Waals surface area contributed by atoms with Gasteiger partial charge in [-0.2, -0.15) is 0 Å². The van der Waals surface area contributed by atoms with Gasteiger partial charge < -0.3 is 14.7 Å². The second-order valence-corrected chi connectivity index (χ2v) is 3.70. The molecule has 0 radical (unpaired) electrons. The number of nitrogens with zero attached hydrogens (tertiary/aromatic N) is 1. The van der Waals surface area contributed by atoms with Crippen molar-refractivity contribution in [1.82, 2.24) is 10.2 Å². The first kappa shape index (κ1) is 13.4. The van der Waals surface area contributed by atoms with Gasteiger partial charge in [-0.3, -0.25) is 14.9 Å². The molecule has 7 nitrogen and oxygen atoms in total. The maximum Gasteiger partial charge on any atom is 0.324 e. The fraction of sp³-hybridized carbons (Fsp3) is 0.700. The van der Waals surface area contributed by atoms with Crippen LogP contribution in [0, 0.1) is 0 Å². The summed E-state index contributed by atoms with van der Waals surface area (Å²) in [6.45, 7) is 1.88. The second-order valence-electron chi connectivity index (χ2n) is 3.70. The Kier molecular flexibility index (Phi) is 5.41. The molecule has 1 rings (SSSR count). The van der Waals surface area contributed by atoms with Crippen LogP contribution >= 0.6 is 0 Å². The molecule has 1 heterocycles. The van der Waals surface area contributed by atoms with Crippen molar-refractivity contribution in [2.24, 2.45) is 0 Å². The van der Waals surface area contributed by atoms with Crippen LogP contribution in [0.1, 0.15) is 19.3 Å². The first-order chi connectivity index (χ1) is 8.09. The zero-order chi connectivity index (χ0) is 12.7. The highest BCUT2D eigenvalue weighted by Crippen LogP contribution is 1.99. The Morgan fingerprint density at radius 3 is 2.41 bits per heavy atom. The van der Waals surface area contributed by atoms with Crippen LogP contribution in [0.2, 0.25) is 0 Å². The molecule has 96 valence electrons. The molecule has 3 amide bonds. The standard InChI is InChI=1S/C10H16N2O5/c13-8(2-1-3-9(14)15)11-10(16)12-4-6-17-7-5-12/h1-7H2,(H,14,15)(H,11,13,16). The van der Waals surface area contributed by atoms with Crippen molar-refractivity contribution in [2.75, 3.05) is 26.3 Å². The molecule has 1 saturated heterocycles. The van der Waals surface area contributed by atoms with E-state index in [9.17, 15) is 14.4 Å². The molecule has 1 aliphatic heterocycles. The Balaban J connectivity index is 2.20. The summed E-state index contributed by atoms with van der Waals surface area (Å²) in [5.41, 5.74) is 0. The third kappa shape index (κ3) is 5.30. The minimum absolute atomic E-state index is 0.0440. The van der Waals surface area contributed by atoms with Gasteiger partial charge in [0.1, 0.15) is 0 Å². The minimum atomic E-state index is -0.947. The molecule has 0 saturated carbocycles. The van der Waals surface area contributed by atoms with Crippen molar-refractivity contribution >= 4 is 17.9 Å². The quantitative estimate of drug-likeness (QED) is 0.714. The lowest BCUT2D eigenvalue weighted by atomic mass is 10.2. The van der Waals surface area contributed by atoms with E-state index in [2.05, 4.69) is 5.32 Å². The smallest absolute Gasteiger partial charge is 0.324 e. The Hall–Kier alpha value is -1.63. The van der Waals surface area contributed by atoms with Crippen LogP contribution in [0.25, 0.3) is 0 Å². The van der Waals surface area contributed by atoms with Gasteiger partial charge >= 0.3 is 12.0 Å². The number of rotatable bonds is 4. The number of nitrogens with one attached hydrogen (secondary N) is 1. The number of hydrogen-bond donors (Lipinski definition) is 2. The van der Waals surface area contributed by atoms with E-state index in [0.29, 0.717) is 26.3 Å². The number of morpholine rings is 1. The molecule has 0 unspecified atom stereocenters. The monoisotopic (exact) mass is 244 g/mol. The Bertz CT molecular complexity index is 299. The van der Waals surface area contributed by atoms with Gasteiger partial charge in [0.05, 0.1) is 13.2 Å². The van der Waals surface area contributed by atoms with E-state index in [1.54, 1.807) is 0 Å². The van der Waals surface area contributed by atoms with Gasteiger partial charge in [0.25, 0.3) is 0 Å². The fourth-order valence-electron chi connectivity index (χ4n) is 1.43. The van der Waals surface area contributed by atoms with Crippen molar-refractivity contribution < 1.29 is 24.2 Å². The summed E-state index contributed by atoms with van der Waals surface area (Å²) < 4.78 is 5.07. The lowest BCUT2D eigenvalue weighted by molar-refractivity contribution is -0.137. The second kappa shape index (κ2) is 6.85. The number of carboxylic acids is 1. The van der Waals surface area contributed by atoms with Gasteiger partial charge in [-0.05, 0) is 6.42 Å². The number of ether oxygens (including phenoxy) is 1. The van der Waals surface area contributed by atoms with Crippen LogP contribution in [-0.4, -0.2) is 54.2 Å². The first-order valence-corrected chi connectivity index (χ1v) is 5.48. The number of urea groups is 1. The number of carboxylic acid groups (broad SMARTS) is 1. The maximum atomic E-state index is 11.5. The first-order valence-electron chi connectivity index (χ1n) is 5.48. The van der Waals surface area contributed by atoms with Gasteiger partial charge in [-0.15, -0.1) is 0 Å². The molecule has 0 aromatic heterocycles. The molecule has 0 spiro atoms. The van der Waals surface area contributed by atoms with Crippen molar-refractivity contribution in [3.05, 3.63) is 0 Å². The number of imide groups is 1. The molecule has 0 aliphatic carbocycles. The number of amides is 3. The molecule has 7 heteroatoms. The zero-order valence-corrected chi connectivity index (χ0v) is 9.48. The van der Waals surface area contributed by atoms with Gasteiger partial charge in [0.2, 0.25) is 5.91 Å². The molecular weight excluding hydrogens is 228 g/mol. The summed E-state index contributed by atoms with van der Waals surface area (Å²) in [6, 6.07) is -0.436. The van der Waals surface area contributed by atoms with Gasteiger partial charge in [-0.1, -0.05) is 0 Å². The van der Waals surface area contributed by atoms with E-state index in [1.807, 2.05) is 0 Å². The highest BCUT2D eigenvalue weighted by Gasteiger charge is 2.18. The van der Waals surface area contributed by atoms with Crippen molar-refractivity contribution in [2.45, 2.75) is 19.3 Å². The summed E-state index contributed by atoms with van der Waals surface area (Å²) in [5.74, 6) is -1.39. The molecule has 1 fully saturated rings. The molecule has 17 heavy (non-hydrogen) atoms.